The Morgan fingerprint density at radius 1 is 1.61 bits per heavy atom. The van der Waals surface area contributed by atoms with Gasteiger partial charge in [0.15, 0.2) is 5.82 Å². The summed E-state index contributed by atoms with van der Waals surface area (Å²) in [6.07, 6.45) is 1.61. The second-order valence-corrected chi connectivity index (χ2v) is 4.38. The standard InChI is InChI=1S/C11H19N5O2/c1-3-12-9-6-18-5-8(9)11(17)13-4-10-15-14-7-16(10)2/h7-9,12H,3-6H2,1-2H3,(H,13,17). The average molecular weight is 253 g/mol. The summed E-state index contributed by atoms with van der Waals surface area (Å²) in [5, 5.41) is 13.8. The second-order valence-electron chi connectivity index (χ2n) is 4.38. The highest BCUT2D eigenvalue weighted by molar-refractivity contribution is 5.79. The minimum absolute atomic E-state index is 0.00134. The Morgan fingerprint density at radius 3 is 3.11 bits per heavy atom. The van der Waals surface area contributed by atoms with Crippen LogP contribution < -0.4 is 10.6 Å². The topological polar surface area (TPSA) is 81.1 Å². The smallest absolute Gasteiger partial charge is 0.227 e. The molecule has 0 aliphatic carbocycles. The average Bonchev–Trinajstić information content (AvgIpc) is 2.96. The number of hydrogen-bond donors (Lipinski definition) is 2. The van der Waals surface area contributed by atoms with Gasteiger partial charge in [0, 0.05) is 13.1 Å². The molecule has 2 unspecified atom stereocenters. The minimum atomic E-state index is -0.127. The highest BCUT2D eigenvalue weighted by atomic mass is 16.5. The Labute approximate surface area is 106 Å². The fourth-order valence-corrected chi connectivity index (χ4v) is 2.04. The lowest BCUT2D eigenvalue weighted by Gasteiger charge is -2.17. The van der Waals surface area contributed by atoms with E-state index >= 15 is 0 Å². The van der Waals surface area contributed by atoms with Gasteiger partial charge < -0.3 is 19.9 Å². The third-order valence-corrected chi connectivity index (χ3v) is 3.11. The molecule has 0 saturated carbocycles. The van der Waals surface area contributed by atoms with E-state index in [1.807, 2.05) is 14.0 Å². The fourth-order valence-electron chi connectivity index (χ4n) is 2.04. The molecule has 7 nitrogen and oxygen atoms in total. The molecule has 2 atom stereocenters. The molecule has 0 spiro atoms. The summed E-state index contributed by atoms with van der Waals surface area (Å²) >= 11 is 0. The van der Waals surface area contributed by atoms with E-state index in [1.165, 1.54) is 0 Å². The van der Waals surface area contributed by atoms with Crippen molar-refractivity contribution in [2.45, 2.75) is 19.5 Å². The third kappa shape index (κ3) is 2.85. The maximum atomic E-state index is 12.0. The first-order chi connectivity index (χ1) is 8.72. The van der Waals surface area contributed by atoms with E-state index in [9.17, 15) is 4.79 Å². The number of aromatic nitrogens is 3. The Balaban J connectivity index is 1.86. The molecule has 1 amide bonds. The number of ether oxygens (including phenoxy) is 1. The monoisotopic (exact) mass is 253 g/mol. The zero-order valence-corrected chi connectivity index (χ0v) is 10.7. The number of nitrogens with one attached hydrogen (secondary N) is 2. The molecule has 0 bridgehead atoms. The number of hydrogen-bond acceptors (Lipinski definition) is 5. The lowest BCUT2D eigenvalue weighted by Crippen LogP contribution is -2.43. The van der Waals surface area contributed by atoms with Gasteiger partial charge in [0.25, 0.3) is 0 Å². The van der Waals surface area contributed by atoms with E-state index in [-0.39, 0.29) is 17.9 Å². The van der Waals surface area contributed by atoms with Gasteiger partial charge in [-0.3, -0.25) is 4.79 Å². The van der Waals surface area contributed by atoms with Crippen molar-refractivity contribution in [3.8, 4) is 0 Å². The van der Waals surface area contributed by atoms with Crippen LogP contribution in [0.25, 0.3) is 0 Å². The minimum Gasteiger partial charge on any atom is -0.379 e. The third-order valence-electron chi connectivity index (χ3n) is 3.11. The van der Waals surface area contributed by atoms with Crippen LogP contribution in [0, 0.1) is 5.92 Å². The summed E-state index contributed by atoms with van der Waals surface area (Å²) in [5.41, 5.74) is 0. The van der Waals surface area contributed by atoms with Crippen molar-refractivity contribution in [3.05, 3.63) is 12.2 Å². The Kier molecular flexibility index (Phi) is 4.27. The molecule has 0 aromatic carbocycles. The summed E-state index contributed by atoms with van der Waals surface area (Å²) < 4.78 is 7.13. The highest BCUT2D eigenvalue weighted by Crippen LogP contribution is 2.13. The van der Waals surface area contributed by atoms with E-state index in [0.717, 1.165) is 12.4 Å². The first kappa shape index (κ1) is 13.0. The summed E-state index contributed by atoms with van der Waals surface area (Å²) in [5.74, 6) is 0.613. The van der Waals surface area contributed by atoms with Crippen molar-refractivity contribution in [1.29, 1.82) is 0 Å². The molecule has 7 heteroatoms. The predicted molar refractivity (Wildman–Crippen MR) is 64.6 cm³/mol. The second kappa shape index (κ2) is 5.92. The summed E-state index contributed by atoms with van der Waals surface area (Å²) in [4.78, 5) is 12.0. The van der Waals surface area contributed by atoms with Crippen molar-refractivity contribution >= 4 is 5.91 Å². The Hall–Kier alpha value is -1.47. The largest absolute Gasteiger partial charge is 0.379 e. The Morgan fingerprint density at radius 2 is 2.44 bits per heavy atom. The van der Waals surface area contributed by atoms with Gasteiger partial charge in [-0.2, -0.15) is 0 Å². The van der Waals surface area contributed by atoms with Crippen LogP contribution in [0.5, 0.6) is 0 Å². The van der Waals surface area contributed by atoms with Crippen LogP contribution in [0.1, 0.15) is 12.7 Å². The van der Waals surface area contributed by atoms with Gasteiger partial charge in [0.2, 0.25) is 5.91 Å². The molecule has 1 aliphatic rings. The molecule has 18 heavy (non-hydrogen) atoms. The van der Waals surface area contributed by atoms with E-state index in [2.05, 4.69) is 20.8 Å². The maximum Gasteiger partial charge on any atom is 0.227 e. The van der Waals surface area contributed by atoms with Gasteiger partial charge in [0.1, 0.15) is 6.33 Å². The molecule has 2 rings (SSSR count). The number of rotatable bonds is 5. The van der Waals surface area contributed by atoms with Gasteiger partial charge in [-0.1, -0.05) is 6.92 Å². The summed E-state index contributed by atoms with van der Waals surface area (Å²) in [6.45, 7) is 4.32. The van der Waals surface area contributed by atoms with E-state index in [4.69, 9.17) is 4.74 Å². The molecular formula is C11H19N5O2. The predicted octanol–water partition coefficient (Wildman–Crippen LogP) is -0.944. The number of carbonyl (C=O) groups is 1. The highest BCUT2D eigenvalue weighted by Gasteiger charge is 2.33. The van der Waals surface area contributed by atoms with Crippen molar-refractivity contribution in [1.82, 2.24) is 25.4 Å². The van der Waals surface area contributed by atoms with Gasteiger partial charge in [-0.05, 0) is 6.54 Å². The first-order valence-corrected chi connectivity index (χ1v) is 6.14. The van der Waals surface area contributed by atoms with Crippen LogP contribution in [0.3, 0.4) is 0 Å². The molecule has 2 N–H and O–H groups in total. The normalized spacial score (nSPS) is 23.2. The maximum absolute atomic E-state index is 12.0. The number of nitrogens with zero attached hydrogens (tertiary/aromatic N) is 3. The zero-order chi connectivity index (χ0) is 13.0. The Bertz CT molecular complexity index is 406. The fraction of sp³-hybridized carbons (Fsp3) is 0.727. The van der Waals surface area contributed by atoms with Crippen LogP contribution in [0.2, 0.25) is 0 Å². The van der Waals surface area contributed by atoms with Crippen LogP contribution in [-0.2, 0) is 23.1 Å². The molecule has 1 aliphatic heterocycles. The number of amides is 1. The van der Waals surface area contributed by atoms with E-state index < -0.39 is 0 Å². The summed E-state index contributed by atoms with van der Waals surface area (Å²) in [6, 6.07) is 0.106. The van der Waals surface area contributed by atoms with Gasteiger partial charge in [0.05, 0.1) is 25.7 Å². The van der Waals surface area contributed by atoms with Crippen LogP contribution >= 0.6 is 0 Å². The molecule has 1 saturated heterocycles. The number of likely N-dealkylation sites (N-methyl/N-ethyl adjacent to an activating group) is 1. The van der Waals surface area contributed by atoms with Crippen molar-refractivity contribution in [2.24, 2.45) is 13.0 Å². The van der Waals surface area contributed by atoms with Crippen molar-refractivity contribution in [2.75, 3.05) is 19.8 Å². The lowest BCUT2D eigenvalue weighted by molar-refractivity contribution is -0.125. The molecule has 100 valence electrons. The van der Waals surface area contributed by atoms with Gasteiger partial charge >= 0.3 is 0 Å². The van der Waals surface area contributed by atoms with E-state index in [0.29, 0.717) is 19.8 Å². The lowest BCUT2D eigenvalue weighted by atomic mass is 10.0. The number of aryl methyl sites for hydroxylation is 1. The van der Waals surface area contributed by atoms with Gasteiger partial charge in [-0.15, -0.1) is 10.2 Å². The number of carbonyl (C=O) groups excluding carboxylic acids is 1. The van der Waals surface area contributed by atoms with Crippen molar-refractivity contribution < 1.29 is 9.53 Å². The molecular weight excluding hydrogens is 234 g/mol. The van der Waals surface area contributed by atoms with Crippen LogP contribution in [0.15, 0.2) is 6.33 Å². The van der Waals surface area contributed by atoms with Gasteiger partial charge in [-0.25, -0.2) is 0 Å². The first-order valence-electron chi connectivity index (χ1n) is 6.14. The molecule has 2 heterocycles. The van der Waals surface area contributed by atoms with Crippen LogP contribution in [-0.4, -0.2) is 46.5 Å². The molecule has 1 aromatic heterocycles. The quantitative estimate of drug-likeness (QED) is 0.707. The van der Waals surface area contributed by atoms with Crippen molar-refractivity contribution in [3.63, 3.8) is 0 Å². The van der Waals surface area contributed by atoms with Crippen LogP contribution in [0.4, 0.5) is 0 Å². The molecule has 1 aromatic rings. The summed E-state index contributed by atoms with van der Waals surface area (Å²) in [7, 11) is 1.85. The zero-order valence-electron chi connectivity index (χ0n) is 10.7. The molecule has 0 radical (unpaired) electrons. The molecule has 1 fully saturated rings. The van der Waals surface area contributed by atoms with E-state index in [1.54, 1.807) is 10.9 Å². The SMILES string of the molecule is CCNC1COCC1C(=O)NCc1nncn1C.